The predicted molar refractivity (Wildman–Crippen MR) is 112 cm³/mol. The van der Waals surface area contributed by atoms with Gasteiger partial charge < -0.3 is 29.4 Å². The Morgan fingerprint density at radius 2 is 1.97 bits per heavy atom. The predicted octanol–water partition coefficient (Wildman–Crippen LogP) is 3.53. The smallest absolute Gasteiger partial charge is 0.315 e. The number of anilines is 1. The number of carbonyl (C=O) groups excluding carboxylic acids is 1. The van der Waals surface area contributed by atoms with E-state index in [4.69, 9.17) is 13.9 Å². The van der Waals surface area contributed by atoms with Crippen LogP contribution < -0.4 is 25.0 Å². The standard InChI is InChI=1S/C22H25N3O4/c1-27-18-10-17(11-19(12-18)28-2)25-8-6-16(14-25)24-22(26)23-13-15-4-3-5-21-20(15)7-9-29-21/h3-5,7,9-12,16H,6,8,13-14H2,1-2H3,(H2,23,24,26). The molecule has 29 heavy (non-hydrogen) atoms. The second-order valence-corrected chi connectivity index (χ2v) is 7.08. The molecule has 1 unspecified atom stereocenters. The van der Waals surface area contributed by atoms with Crippen molar-refractivity contribution < 1.29 is 18.7 Å². The number of fused-ring (bicyclic) bond motifs is 1. The highest BCUT2D eigenvalue weighted by molar-refractivity contribution is 5.82. The zero-order valence-corrected chi connectivity index (χ0v) is 16.6. The van der Waals surface area contributed by atoms with E-state index in [0.29, 0.717) is 6.54 Å². The number of hydrogen-bond acceptors (Lipinski definition) is 5. The van der Waals surface area contributed by atoms with Gasteiger partial charge >= 0.3 is 6.03 Å². The Bertz CT molecular complexity index is 978. The van der Waals surface area contributed by atoms with Gasteiger partial charge in [-0.3, -0.25) is 0 Å². The average Bonchev–Trinajstić information content (AvgIpc) is 3.41. The zero-order valence-electron chi connectivity index (χ0n) is 16.6. The molecule has 0 spiro atoms. The van der Waals surface area contributed by atoms with E-state index in [0.717, 1.165) is 53.2 Å². The number of carbonyl (C=O) groups is 1. The lowest BCUT2D eigenvalue weighted by Crippen LogP contribution is -2.43. The molecule has 1 aromatic heterocycles. The maximum Gasteiger partial charge on any atom is 0.315 e. The van der Waals surface area contributed by atoms with Crippen molar-refractivity contribution in [1.82, 2.24) is 10.6 Å². The van der Waals surface area contributed by atoms with Crippen LogP contribution in [0.4, 0.5) is 10.5 Å². The van der Waals surface area contributed by atoms with Crippen LogP contribution in [0.2, 0.25) is 0 Å². The average molecular weight is 395 g/mol. The molecule has 0 saturated carbocycles. The molecule has 1 atom stereocenters. The first-order chi connectivity index (χ1) is 14.2. The second-order valence-electron chi connectivity index (χ2n) is 7.08. The third-order valence-electron chi connectivity index (χ3n) is 5.25. The summed E-state index contributed by atoms with van der Waals surface area (Å²) in [4.78, 5) is 14.6. The van der Waals surface area contributed by atoms with Gasteiger partial charge in [0.15, 0.2) is 0 Å². The van der Waals surface area contributed by atoms with E-state index < -0.39 is 0 Å². The SMILES string of the molecule is COc1cc(OC)cc(N2CCC(NC(=O)NCc3cccc4occc34)C2)c1. The quantitative estimate of drug-likeness (QED) is 0.668. The van der Waals surface area contributed by atoms with Gasteiger partial charge in [-0.1, -0.05) is 12.1 Å². The van der Waals surface area contributed by atoms with Gasteiger partial charge in [0.1, 0.15) is 17.1 Å². The first-order valence-electron chi connectivity index (χ1n) is 9.64. The molecule has 7 heteroatoms. The van der Waals surface area contributed by atoms with Crippen molar-refractivity contribution in [2.75, 3.05) is 32.2 Å². The van der Waals surface area contributed by atoms with Crippen molar-refractivity contribution >= 4 is 22.7 Å². The van der Waals surface area contributed by atoms with Crippen molar-refractivity contribution in [3.8, 4) is 11.5 Å². The molecule has 152 valence electrons. The number of urea groups is 1. The van der Waals surface area contributed by atoms with E-state index in [2.05, 4.69) is 15.5 Å². The molecule has 0 bridgehead atoms. The lowest BCUT2D eigenvalue weighted by Gasteiger charge is -2.20. The maximum atomic E-state index is 12.4. The van der Waals surface area contributed by atoms with E-state index in [-0.39, 0.29) is 12.1 Å². The molecular formula is C22H25N3O4. The fraction of sp³-hybridized carbons (Fsp3) is 0.318. The largest absolute Gasteiger partial charge is 0.497 e. The van der Waals surface area contributed by atoms with E-state index >= 15 is 0 Å². The first-order valence-corrected chi connectivity index (χ1v) is 9.64. The molecular weight excluding hydrogens is 370 g/mol. The number of nitrogens with one attached hydrogen (secondary N) is 2. The van der Waals surface area contributed by atoms with Crippen LogP contribution in [0.1, 0.15) is 12.0 Å². The van der Waals surface area contributed by atoms with E-state index in [1.807, 2.05) is 42.5 Å². The third kappa shape index (κ3) is 4.23. The molecule has 1 fully saturated rings. The van der Waals surface area contributed by atoms with Crippen LogP contribution in [0.3, 0.4) is 0 Å². The number of methoxy groups -OCH3 is 2. The van der Waals surface area contributed by atoms with Gasteiger partial charge in [0.05, 0.1) is 20.5 Å². The molecule has 0 radical (unpaired) electrons. The van der Waals surface area contributed by atoms with Crippen LogP contribution in [-0.2, 0) is 6.54 Å². The Morgan fingerprint density at radius 3 is 2.72 bits per heavy atom. The number of ether oxygens (including phenoxy) is 2. The van der Waals surface area contributed by atoms with Crippen molar-refractivity contribution in [3.05, 3.63) is 54.3 Å². The summed E-state index contributed by atoms with van der Waals surface area (Å²) in [6, 6.07) is 13.5. The third-order valence-corrected chi connectivity index (χ3v) is 5.25. The molecule has 2 N–H and O–H groups in total. The highest BCUT2D eigenvalue weighted by Crippen LogP contribution is 2.30. The van der Waals surface area contributed by atoms with Crippen LogP contribution in [0.5, 0.6) is 11.5 Å². The molecule has 1 aliphatic rings. The summed E-state index contributed by atoms with van der Waals surface area (Å²) in [5.41, 5.74) is 2.88. The summed E-state index contributed by atoms with van der Waals surface area (Å²) in [6.07, 6.45) is 2.54. The van der Waals surface area contributed by atoms with Gasteiger partial charge in [-0.2, -0.15) is 0 Å². The monoisotopic (exact) mass is 395 g/mol. The molecule has 0 aliphatic carbocycles. The number of benzene rings is 2. The van der Waals surface area contributed by atoms with Gasteiger partial charge in [0.2, 0.25) is 0 Å². The van der Waals surface area contributed by atoms with Crippen LogP contribution >= 0.6 is 0 Å². The van der Waals surface area contributed by atoms with Gasteiger partial charge in [-0.05, 0) is 24.1 Å². The summed E-state index contributed by atoms with van der Waals surface area (Å²) in [5, 5.41) is 7.04. The molecule has 2 aromatic carbocycles. The number of amides is 2. The van der Waals surface area contributed by atoms with Crippen molar-refractivity contribution in [1.29, 1.82) is 0 Å². The number of rotatable bonds is 6. The number of furan rings is 1. The lowest BCUT2D eigenvalue weighted by atomic mass is 10.1. The molecule has 1 saturated heterocycles. The molecule has 4 rings (SSSR count). The summed E-state index contributed by atoms with van der Waals surface area (Å²) in [7, 11) is 3.28. The van der Waals surface area contributed by atoms with Crippen LogP contribution in [-0.4, -0.2) is 39.4 Å². The Hall–Kier alpha value is -3.35. The van der Waals surface area contributed by atoms with Crippen LogP contribution in [0.15, 0.2) is 53.1 Å². The van der Waals surface area contributed by atoms with Gasteiger partial charge in [0.25, 0.3) is 0 Å². The minimum absolute atomic E-state index is 0.0805. The van der Waals surface area contributed by atoms with Crippen LogP contribution in [0.25, 0.3) is 11.0 Å². The Kier molecular flexibility index (Phi) is 5.46. The highest BCUT2D eigenvalue weighted by Gasteiger charge is 2.25. The molecule has 1 aliphatic heterocycles. The first kappa shape index (κ1) is 19.0. The van der Waals surface area contributed by atoms with Crippen LogP contribution in [0, 0.1) is 0 Å². The van der Waals surface area contributed by atoms with Crippen molar-refractivity contribution in [2.24, 2.45) is 0 Å². The summed E-state index contributed by atoms with van der Waals surface area (Å²) in [6.45, 7) is 2.04. The summed E-state index contributed by atoms with van der Waals surface area (Å²) in [5.74, 6) is 1.50. The van der Waals surface area contributed by atoms with Gasteiger partial charge in [-0.25, -0.2) is 4.79 Å². The Labute approximate surface area is 169 Å². The zero-order chi connectivity index (χ0) is 20.2. The maximum absolute atomic E-state index is 12.4. The fourth-order valence-corrected chi connectivity index (χ4v) is 3.71. The molecule has 3 aromatic rings. The molecule has 7 nitrogen and oxygen atoms in total. The summed E-state index contributed by atoms with van der Waals surface area (Å²) < 4.78 is 16.1. The highest BCUT2D eigenvalue weighted by atomic mass is 16.5. The second kappa shape index (κ2) is 8.34. The number of nitrogens with zero attached hydrogens (tertiary/aromatic N) is 1. The topological polar surface area (TPSA) is 76.0 Å². The van der Waals surface area contributed by atoms with E-state index in [9.17, 15) is 4.79 Å². The van der Waals surface area contributed by atoms with Crippen molar-refractivity contribution in [2.45, 2.75) is 19.0 Å². The summed E-state index contributed by atoms with van der Waals surface area (Å²) >= 11 is 0. The minimum atomic E-state index is -0.166. The Morgan fingerprint density at radius 1 is 1.17 bits per heavy atom. The minimum Gasteiger partial charge on any atom is -0.497 e. The van der Waals surface area contributed by atoms with Crippen molar-refractivity contribution in [3.63, 3.8) is 0 Å². The fourth-order valence-electron chi connectivity index (χ4n) is 3.71. The van der Waals surface area contributed by atoms with E-state index in [1.54, 1.807) is 20.5 Å². The molecule has 2 heterocycles. The normalized spacial score (nSPS) is 16.1. The van der Waals surface area contributed by atoms with Gasteiger partial charge in [0, 0.05) is 54.9 Å². The lowest BCUT2D eigenvalue weighted by molar-refractivity contribution is 0.237. The molecule has 2 amide bonds. The number of hydrogen-bond donors (Lipinski definition) is 2. The Balaban J connectivity index is 1.33. The van der Waals surface area contributed by atoms with Gasteiger partial charge in [-0.15, -0.1) is 0 Å². The van der Waals surface area contributed by atoms with E-state index in [1.165, 1.54) is 0 Å².